The number of aryl methyl sites for hydroxylation is 1. The molecule has 0 aliphatic heterocycles. The van der Waals surface area contributed by atoms with Gasteiger partial charge in [-0.2, -0.15) is 12.6 Å². The van der Waals surface area contributed by atoms with E-state index in [4.69, 9.17) is 10.2 Å². The third-order valence-corrected chi connectivity index (χ3v) is 6.28. The van der Waals surface area contributed by atoms with Crippen LogP contribution >= 0.6 is 12.6 Å². The molecular weight excluding hydrogens is 586 g/mol. The highest BCUT2D eigenvalue weighted by Crippen LogP contribution is 2.19. The summed E-state index contributed by atoms with van der Waals surface area (Å²) in [5.41, 5.74) is 4.22. The first-order valence-electron chi connectivity index (χ1n) is 13.9. The Bertz CT molecular complexity index is 1480. The van der Waals surface area contributed by atoms with Gasteiger partial charge in [0, 0.05) is 47.0 Å². The van der Waals surface area contributed by atoms with E-state index in [1.54, 1.807) is 13.1 Å². The first-order chi connectivity index (χ1) is 21.1. The highest BCUT2D eigenvalue weighted by atomic mass is 32.1. The van der Waals surface area contributed by atoms with Crippen LogP contribution in [0, 0.1) is 6.92 Å². The molecule has 0 saturated heterocycles. The maximum atomic E-state index is 12.2. The quantitative estimate of drug-likeness (QED) is 0.0922. The molecule has 238 valence electrons. The van der Waals surface area contributed by atoms with E-state index in [1.807, 2.05) is 36.5 Å². The highest BCUT2D eigenvalue weighted by molar-refractivity contribution is 7.80. The van der Waals surface area contributed by atoms with Gasteiger partial charge >= 0.3 is 11.9 Å². The predicted molar refractivity (Wildman–Crippen MR) is 174 cm³/mol. The van der Waals surface area contributed by atoms with Crippen molar-refractivity contribution in [1.29, 1.82) is 0 Å². The van der Waals surface area contributed by atoms with Crippen LogP contribution < -0.4 is 16.0 Å². The summed E-state index contributed by atoms with van der Waals surface area (Å²) in [6.45, 7) is 4.99. The van der Waals surface area contributed by atoms with E-state index in [2.05, 4.69) is 70.6 Å². The average Bonchev–Trinajstić information content (AvgIpc) is 3.62. The molecule has 0 spiro atoms. The van der Waals surface area contributed by atoms with Crippen LogP contribution in [0.3, 0.4) is 0 Å². The number of carboxylic acid groups (broad SMARTS) is 2. The third kappa shape index (κ3) is 13.9. The number of para-hydroxylation sites is 2. The van der Waals surface area contributed by atoms with Crippen LogP contribution in [0.25, 0.3) is 21.8 Å². The lowest BCUT2D eigenvalue weighted by atomic mass is 10.0. The number of fused-ring (bicyclic) bond motifs is 2. The molecule has 4 aromatic rings. The fraction of sp³-hybridized carbons (Fsp3) is 0.323. The van der Waals surface area contributed by atoms with Gasteiger partial charge in [-0.05, 0) is 42.4 Å². The Kier molecular flexibility index (Phi) is 17.8. The number of benzene rings is 2. The predicted octanol–water partition coefficient (Wildman–Crippen LogP) is 3.43. The average molecular weight is 628 g/mol. The molecule has 2 heterocycles. The summed E-state index contributed by atoms with van der Waals surface area (Å²) in [5.74, 6) is -2.09. The van der Waals surface area contributed by atoms with Crippen molar-refractivity contribution in [3.8, 4) is 0 Å². The number of thiol groups is 1. The van der Waals surface area contributed by atoms with Gasteiger partial charge in [0.25, 0.3) is 0 Å². The minimum atomic E-state index is -1.19. The molecule has 1 unspecified atom stereocenters. The summed E-state index contributed by atoms with van der Waals surface area (Å²) in [5, 5.41) is 25.6. The van der Waals surface area contributed by atoms with E-state index >= 15 is 0 Å². The van der Waals surface area contributed by atoms with Gasteiger partial charge in [-0.1, -0.05) is 50.2 Å². The van der Waals surface area contributed by atoms with Gasteiger partial charge in [0.2, 0.25) is 18.2 Å². The van der Waals surface area contributed by atoms with Crippen molar-refractivity contribution in [3.05, 3.63) is 72.1 Å². The topological polar surface area (TPSA) is 193 Å². The molecule has 2 aromatic carbocycles. The van der Waals surface area contributed by atoms with Crippen LogP contribution in [0.2, 0.25) is 0 Å². The molecule has 0 saturated carbocycles. The standard InChI is InChI=1S/C16H18N4O5.C9H9N.C3H6O2.C3H8S/c21-9-17-7-14(22)20-13(16(25)19-8-15(23)24)5-10-6-18-12-4-2-1-3-11(10)12;1-7-6-10-9-5-3-2-4-8(7)9;1-2-3(4)5;1-2-3-4/h1-4,6,9,13,18H,5,7-8H2,(H,17,21)(H,19,25)(H,20,22)(H,23,24);2-6,10H,1H3;2H2,1H3,(H,4,5);4H,2-3H2,1H3. The Hall–Kier alpha value is -4.78. The summed E-state index contributed by atoms with van der Waals surface area (Å²) in [4.78, 5) is 60.6. The van der Waals surface area contributed by atoms with Crippen LogP contribution in [-0.2, 0) is 30.4 Å². The number of aliphatic carboxylic acids is 2. The molecule has 7 N–H and O–H groups in total. The fourth-order valence-corrected chi connectivity index (χ4v) is 3.61. The van der Waals surface area contributed by atoms with Crippen molar-refractivity contribution >= 4 is 64.6 Å². The van der Waals surface area contributed by atoms with Crippen LogP contribution in [0.15, 0.2) is 60.9 Å². The summed E-state index contributed by atoms with van der Waals surface area (Å²) < 4.78 is 0. The lowest BCUT2D eigenvalue weighted by Crippen LogP contribution is -2.50. The van der Waals surface area contributed by atoms with E-state index in [0.29, 0.717) is 6.41 Å². The van der Waals surface area contributed by atoms with E-state index in [9.17, 15) is 24.0 Å². The van der Waals surface area contributed by atoms with Crippen LogP contribution in [0.5, 0.6) is 0 Å². The number of hydrogen-bond acceptors (Lipinski definition) is 6. The minimum Gasteiger partial charge on any atom is -0.481 e. The number of aromatic amines is 2. The summed E-state index contributed by atoms with van der Waals surface area (Å²) in [6, 6.07) is 14.8. The molecule has 1 atom stereocenters. The Balaban J connectivity index is 0.000000411. The van der Waals surface area contributed by atoms with Crippen LogP contribution in [0.1, 0.15) is 37.8 Å². The molecule has 3 amide bonds. The Labute approximate surface area is 261 Å². The van der Waals surface area contributed by atoms with Crippen molar-refractivity contribution in [3.63, 3.8) is 0 Å². The molecule has 0 aliphatic carbocycles. The number of rotatable bonds is 11. The zero-order valence-electron chi connectivity index (χ0n) is 25.1. The lowest BCUT2D eigenvalue weighted by Gasteiger charge is -2.17. The number of H-pyrrole nitrogens is 2. The Morgan fingerprint density at radius 2 is 1.43 bits per heavy atom. The minimum absolute atomic E-state index is 0.169. The van der Waals surface area contributed by atoms with E-state index in [0.717, 1.165) is 22.2 Å². The van der Waals surface area contributed by atoms with E-state index in [-0.39, 0.29) is 19.4 Å². The molecule has 0 bridgehead atoms. The second kappa shape index (κ2) is 21.0. The van der Waals surface area contributed by atoms with Crippen molar-refractivity contribution in [1.82, 2.24) is 25.9 Å². The summed E-state index contributed by atoms with van der Waals surface area (Å²) in [7, 11) is 0. The third-order valence-electron chi connectivity index (χ3n) is 5.83. The van der Waals surface area contributed by atoms with Crippen molar-refractivity contribution in [2.45, 2.75) is 46.1 Å². The number of carbonyl (C=O) groups is 5. The first kappa shape index (κ1) is 37.2. The summed E-state index contributed by atoms with van der Waals surface area (Å²) in [6.07, 6.45) is 5.72. The fourth-order valence-electron chi connectivity index (χ4n) is 3.61. The van der Waals surface area contributed by atoms with E-state index in [1.165, 1.54) is 22.9 Å². The lowest BCUT2D eigenvalue weighted by molar-refractivity contribution is -0.138. The highest BCUT2D eigenvalue weighted by Gasteiger charge is 2.22. The molecule has 12 nitrogen and oxygen atoms in total. The molecular formula is C31H41N5O7S. The zero-order chi connectivity index (χ0) is 32.9. The maximum absolute atomic E-state index is 12.2. The monoisotopic (exact) mass is 627 g/mol. The molecule has 2 aromatic heterocycles. The van der Waals surface area contributed by atoms with Gasteiger partial charge in [0.1, 0.15) is 12.6 Å². The van der Waals surface area contributed by atoms with E-state index < -0.39 is 36.3 Å². The number of nitrogens with one attached hydrogen (secondary N) is 5. The molecule has 0 fully saturated rings. The summed E-state index contributed by atoms with van der Waals surface area (Å²) >= 11 is 3.92. The number of aromatic nitrogens is 2. The number of hydrogen-bond donors (Lipinski definition) is 8. The van der Waals surface area contributed by atoms with Gasteiger partial charge in [-0.25, -0.2) is 0 Å². The SMILES string of the molecule is CCC(=O)O.CCCS.Cc1c[nH]c2ccccc12.O=CNCC(=O)NC(Cc1c[nH]c2ccccc12)C(=O)NCC(=O)O. The van der Waals surface area contributed by atoms with Gasteiger partial charge in [0.05, 0.1) is 6.54 Å². The molecule has 44 heavy (non-hydrogen) atoms. The molecule has 4 rings (SSSR count). The molecule has 0 aliphatic rings. The molecule has 0 radical (unpaired) electrons. The number of carbonyl (C=O) groups excluding carboxylic acids is 3. The maximum Gasteiger partial charge on any atom is 0.322 e. The smallest absolute Gasteiger partial charge is 0.322 e. The van der Waals surface area contributed by atoms with Crippen LogP contribution in [0.4, 0.5) is 0 Å². The van der Waals surface area contributed by atoms with Gasteiger partial charge in [-0.3, -0.25) is 24.0 Å². The van der Waals surface area contributed by atoms with Crippen LogP contribution in [-0.4, -0.2) is 75.2 Å². The first-order valence-corrected chi connectivity index (χ1v) is 14.6. The normalized spacial score (nSPS) is 10.5. The van der Waals surface area contributed by atoms with Crippen molar-refractivity contribution in [2.75, 3.05) is 18.8 Å². The van der Waals surface area contributed by atoms with Gasteiger partial charge < -0.3 is 36.1 Å². The largest absolute Gasteiger partial charge is 0.481 e. The van der Waals surface area contributed by atoms with Gasteiger partial charge in [0.15, 0.2) is 0 Å². The molecule has 13 heteroatoms. The Morgan fingerprint density at radius 3 is 1.95 bits per heavy atom. The second-order valence-electron chi connectivity index (χ2n) is 9.28. The van der Waals surface area contributed by atoms with Crippen molar-refractivity contribution < 1.29 is 34.2 Å². The Morgan fingerprint density at radius 1 is 0.886 bits per heavy atom. The number of carboxylic acids is 2. The number of amides is 3. The van der Waals surface area contributed by atoms with Gasteiger partial charge in [-0.15, -0.1) is 0 Å². The zero-order valence-corrected chi connectivity index (χ0v) is 25.9. The second-order valence-corrected chi connectivity index (χ2v) is 9.73. The van der Waals surface area contributed by atoms with Crippen molar-refractivity contribution in [2.24, 2.45) is 0 Å².